The number of benzene rings is 1. The maximum atomic E-state index is 12.6. The van der Waals surface area contributed by atoms with Gasteiger partial charge < -0.3 is 15.5 Å². The van der Waals surface area contributed by atoms with Gasteiger partial charge in [0.2, 0.25) is 5.91 Å². The third kappa shape index (κ3) is 4.11. The summed E-state index contributed by atoms with van der Waals surface area (Å²) in [6.07, 6.45) is 1.54. The van der Waals surface area contributed by atoms with Crippen LogP contribution in [0.2, 0.25) is 0 Å². The molecule has 1 saturated heterocycles. The molecule has 1 aliphatic rings. The van der Waals surface area contributed by atoms with Crippen molar-refractivity contribution in [1.82, 2.24) is 10.2 Å². The minimum atomic E-state index is -0.253. The van der Waals surface area contributed by atoms with Crippen molar-refractivity contribution >= 4 is 34.7 Å². The molecule has 2 aromatic rings. The number of likely N-dealkylation sites (tertiary alicyclic amines) is 1. The molecule has 0 unspecified atom stereocenters. The normalized spacial score (nSPS) is 16.8. The molecule has 2 heterocycles. The molecule has 0 saturated carbocycles. The smallest absolute Gasteiger partial charge is 0.263 e. The maximum Gasteiger partial charge on any atom is 0.263 e. The summed E-state index contributed by atoms with van der Waals surface area (Å²) in [6, 6.07) is 10.5. The van der Waals surface area contributed by atoms with Crippen LogP contribution in [-0.2, 0) is 4.79 Å². The second-order valence-corrected chi connectivity index (χ2v) is 7.16. The van der Waals surface area contributed by atoms with Gasteiger partial charge >= 0.3 is 0 Å². The lowest BCUT2D eigenvalue weighted by Gasteiger charge is -2.31. The van der Waals surface area contributed by atoms with Gasteiger partial charge in [-0.2, -0.15) is 0 Å². The Bertz CT molecular complexity index is 804. The second kappa shape index (κ2) is 8.14. The number of rotatable bonds is 4. The number of carbonyl (C=O) groups excluding carboxylic acids is 3. The van der Waals surface area contributed by atoms with Crippen LogP contribution in [-0.4, -0.2) is 42.8 Å². The molecule has 1 fully saturated rings. The first kappa shape index (κ1) is 18.1. The van der Waals surface area contributed by atoms with Crippen molar-refractivity contribution in [3.8, 4) is 0 Å². The molecular formula is C19H21N3O3S. The molecule has 7 heteroatoms. The molecule has 1 atom stereocenters. The molecular weight excluding hydrogens is 350 g/mol. The van der Waals surface area contributed by atoms with Crippen LogP contribution in [0.25, 0.3) is 0 Å². The van der Waals surface area contributed by atoms with Crippen molar-refractivity contribution in [2.24, 2.45) is 5.92 Å². The largest absolute Gasteiger partial charge is 0.355 e. The number of hydrogen-bond acceptors (Lipinski definition) is 4. The van der Waals surface area contributed by atoms with Crippen LogP contribution >= 0.6 is 11.3 Å². The number of carbonyl (C=O) groups is 3. The number of piperidine rings is 1. The van der Waals surface area contributed by atoms with E-state index in [0.717, 1.165) is 12.8 Å². The van der Waals surface area contributed by atoms with Gasteiger partial charge in [0.15, 0.2) is 0 Å². The average molecular weight is 371 g/mol. The van der Waals surface area contributed by atoms with Crippen LogP contribution < -0.4 is 10.6 Å². The van der Waals surface area contributed by atoms with Crippen LogP contribution in [0.4, 0.5) is 5.69 Å². The van der Waals surface area contributed by atoms with Gasteiger partial charge in [0.1, 0.15) is 0 Å². The van der Waals surface area contributed by atoms with Crippen LogP contribution in [0.3, 0.4) is 0 Å². The summed E-state index contributed by atoms with van der Waals surface area (Å²) >= 11 is 1.41. The first-order valence-electron chi connectivity index (χ1n) is 8.54. The van der Waals surface area contributed by atoms with Gasteiger partial charge in [-0.25, -0.2) is 0 Å². The molecule has 3 rings (SSSR count). The number of thiophene rings is 1. The minimum absolute atomic E-state index is 0.0147. The summed E-state index contributed by atoms with van der Waals surface area (Å²) in [6.45, 7) is 1.09. The lowest BCUT2D eigenvalue weighted by Crippen LogP contribution is -2.43. The molecule has 2 N–H and O–H groups in total. The highest BCUT2D eigenvalue weighted by molar-refractivity contribution is 7.12. The van der Waals surface area contributed by atoms with E-state index in [4.69, 9.17) is 0 Å². The van der Waals surface area contributed by atoms with E-state index in [2.05, 4.69) is 10.6 Å². The zero-order valence-electron chi connectivity index (χ0n) is 14.5. The standard InChI is InChI=1S/C19H21N3O3S/c1-20-17(23)13-5-2-7-15(11-13)21-18(24)14-6-3-9-22(12-14)19(25)16-8-4-10-26-16/h2,4-5,7-8,10-11,14H,3,6,9,12H2,1H3,(H,20,23)(H,21,24)/t14-/m0/s1. The molecule has 1 aromatic carbocycles. The molecule has 6 nitrogen and oxygen atoms in total. The number of amides is 3. The molecule has 0 radical (unpaired) electrons. The Morgan fingerprint density at radius 1 is 1.19 bits per heavy atom. The first-order valence-corrected chi connectivity index (χ1v) is 9.42. The molecule has 0 spiro atoms. The Hall–Kier alpha value is -2.67. The van der Waals surface area contributed by atoms with Crippen molar-refractivity contribution in [1.29, 1.82) is 0 Å². The van der Waals surface area contributed by atoms with Crippen LogP contribution in [0, 0.1) is 5.92 Å². The van der Waals surface area contributed by atoms with Gasteiger partial charge in [-0.05, 0) is 42.5 Å². The number of anilines is 1. The van der Waals surface area contributed by atoms with Gasteiger partial charge in [0, 0.05) is 31.4 Å². The van der Waals surface area contributed by atoms with E-state index in [1.807, 2.05) is 11.4 Å². The van der Waals surface area contributed by atoms with Crippen molar-refractivity contribution in [3.05, 3.63) is 52.2 Å². The van der Waals surface area contributed by atoms with Gasteiger partial charge in [-0.1, -0.05) is 12.1 Å². The predicted octanol–water partition coefficient (Wildman–Crippen LogP) is 2.60. The third-order valence-corrected chi connectivity index (χ3v) is 5.29. The molecule has 0 bridgehead atoms. The summed E-state index contributed by atoms with van der Waals surface area (Å²) in [7, 11) is 1.56. The summed E-state index contributed by atoms with van der Waals surface area (Å²) in [5.41, 5.74) is 1.07. The summed E-state index contributed by atoms with van der Waals surface area (Å²) in [5, 5.41) is 7.31. The molecule has 0 aliphatic carbocycles. The number of nitrogens with one attached hydrogen (secondary N) is 2. The fourth-order valence-electron chi connectivity index (χ4n) is 3.06. The van der Waals surface area contributed by atoms with E-state index >= 15 is 0 Å². The summed E-state index contributed by atoms with van der Waals surface area (Å²) in [4.78, 5) is 39.3. The van der Waals surface area contributed by atoms with Crippen LogP contribution in [0.5, 0.6) is 0 Å². The first-order chi connectivity index (χ1) is 12.6. The van der Waals surface area contributed by atoms with Crippen LogP contribution in [0.15, 0.2) is 41.8 Å². The maximum absolute atomic E-state index is 12.6. The van der Waals surface area contributed by atoms with Gasteiger partial charge in [-0.15, -0.1) is 11.3 Å². The van der Waals surface area contributed by atoms with E-state index in [1.54, 1.807) is 42.3 Å². The van der Waals surface area contributed by atoms with Crippen molar-refractivity contribution in [2.75, 3.05) is 25.5 Å². The van der Waals surface area contributed by atoms with Crippen molar-refractivity contribution in [3.63, 3.8) is 0 Å². The quantitative estimate of drug-likeness (QED) is 0.867. The fraction of sp³-hybridized carbons (Fsp3) is 0.316. The zero-order chi connectivity index (χ0) is 18.5. The Balaban J connectivity index is 1.64. The van der Waals surface area contributed by atoms with Crippen molar-refractivity contribution < 1.29 is 14.4 Å². The van der Waals surface area contributed by atoms with E-state index in [0.29, 0.717) is 29.2 Å². The highest BCUT2D eigenvalue weighted by atomic mass is 32.1. The summed E-state index contributed by atoms with van der Waals surface area (Å²) < 4.78 is 0. The second-order valence-electron chi connectivity index (χ2n) is 6.22. The van der Waals surface area contributed by atoms with Gasteiger partial charge in [0.25, 0.3) is 11.8 Å². The van der Waals surface area contributed by atoms with Crippen LogP contribution in [0.1, 0.15) is 32.9 Å². The van der Waals surface area contributed by atoms with E-state index in [1.165, 1.54) is 11.3 Å². The lowest BCUT2D eigenvalue weighted by atomic mass is 9.96. The average Bonchev–Trinajstić information content (AvgIpc) is 3.22. The van der Waals surface area contributed by atoms with E-state index in [-0.39, 0.29) is 23.6 Å². The monoisotopic (exact) mass is 371 g/mol. The number of hydrogen-bond donors (Lipinski definition) is 2. The topological polar surface area (TPSA) is 78.5 Å². The van der Waals surface area contributed by atoms with E-state index < -0.39 is 0 Å². The minimum Gasteiger partial charge on any atom is -0.355 e. The van der Waals surface area contributed by atoms with Crippen molar-refractivity contribution in [2.45, 2.75) is 12.8 Å². The SMILES string of the molecule is CNC(=O)c1cccc(NC(=O)[C@H]2CCCN(C(=O)c3cccs3)C2)c1. The molecule has 1 aliphatic heterocycles. The Kier molecular flexibility index (Phi) is 5.68. The Morgan fingerprint density at radius 2 is 2.04 bits per heavy atom. The predicted molar refractivity (Wildman–Crippen MR) is 101 cm³/mol. The van der Waals surface area contributed by atoms with Gasteiger partial charge in [0.05, 0.1) is 10.8 Å². The fourth-order valence-corrected chi connectivity index (χ4v) is 3.75. The molecule has 3 amide bonds. The highest BCUT2D eigenvalue weighted by Gasteiger charge is 2.29. The highest BCUT2D eigenvalue weighted by Crippen LogP contribution is 2.22. The summed E-state index contributed by atoms with van der Waals surface area (Å²) in [5.74, 6) is -0.593. The Morgan fingerprint density at radius 3 is 2.77 bits per heavy atom. The van der Waals surface area contributed by atoms with Gasteiger partial charge in [-0.3, -0.25) is 14.4 Å². The molecule has 136 valence electrons. The molecule has 26 heavy (non-hydrogen) atoms. The number of nitrogens with zero attached hydrogens (tertiary/aromatic N) is 1. The zero-order valence-corrected chi connectivity index (χ0v) is 15.3. The third-order valence-electron chi connectivity index (χ3n) is 4.43. The Labute approximate surface area is 156 Å². The van der Waals surface area contributed by atoms with E-state index in [9.17, 15) is 14.4 Å². The molecule has 1 aromatic heterocycles. The lowest BCUT2D eigenvalue weighted by molar-refractivity contribution is -0.121.